The zero-order chi connectivity index (χ0) is 23.1. The molecule has 1 saturated heterocycles. The van der Waals surface area contributed by atoms with Crippen molar-refractivity contribution in [2.75, 3.05) is 37.4 Å². The molecule has 0 radical (unpaired) electrons. The minimum Gasteiger partial charge on any atom is -0.397 e. The van der Waals surface area contributed by atoms with E-state index in [9.17, 15) is 4.79 Å². The van der Waals surface area contributed by atoms with Crippen LogP contribution in [-0.2, 0) is 17.6 Å². The molecule has 2 atom stereocenters. The van der Waals surface area contributed by atoms with Gasteiger partial charge in [-0.3, -0.25) is 4.79 Å². The predicted molar refractivity (Wildman–Crippen MR) is 133 cm³/mol. The van der Waals surface area contributed by atoms with Gasteiger partial charge < -0.3 is 20.7 Å². The molecule has 5 rings (SSSR count). The van der Waals surface area contributed by atoms with Crippen molar-refractivity contribution in [3.63, 3.8) is 0 Å². The number of ether oxygens (including phenoxy) is 1. The van der Waals surface area contributed by atoms with E-state index in [1.54, 1.807) is 7.11 Å². The van der Waals surface area contributed by atoms with Gasteiger partial charge in [-0.15, -0.1) is 11.3 Å². The molecule has 4 heterocycles. The molecule has 1 amide bonds. The highest BCUT2D eigenvalue weighted by Gasteiger charge is 2.27. The van der Waals surface area contributed by atoms with E-state index in [2.05, 4.69) is 27.3 Å². The number of carbonyl (C=O) groups excluding carboxylic acids is 1. The summed E-state index contributed by atoms with van der Waals surface area (Å²) in [5.41, 5.74) is 11.3. The van der Waals surface area contributed by atoms with Crippen LogP contribution in [0.25, 0.3) is 10.2 Å². The maximum atomic E-state index is 13.1. The van der Waals surface area contributed by atoms with Crippen molar-refractivity contribution < 1.29 is 9.53 Å². The third-order valence-electron chi connectivity index (χ3n) is 6.83. The van der Waals surface area contributed by atoms with E-state index in [1.165, 1.54) is 16.9 Å². The van der Waals surface area contributed by atoms with Crippen LogP contribution < -0.4 is 16.0 Å². The molecule has 1 aliphatic heterocycles. The number of methoxy groups -OCH3 is 1. The quantitative estimate of drug-likeness (QED) is 0.597. The summed E-state index contributed by atoms with van der Waals surface area (Å²) < 4.78 is 5.32. The number of nitrogen functional groups attached to an aromatic ring is 1. The van der Waals surface area contributed by atoms with Gasteiger partial charge in [-0.1, -0.05) is 6.07 Å². The van der Waals surface area contributed by atoms with Gasteiger partial charge in [0.2, 0.25) is 0 Å². The standard InChI is InChI=1S/C25H31N5O2S/c1-14-10-15(2)27-25-21(14)22(26)23(33-25)24(31)28-18-5-6-19-17(11-18)4-7-20(29-19)30-9-8-16(12-30)13-32-3/h4,7,10,16,18H,5-6,8-9,11-13,26H2,1-3H3,(H,28,31)/t16-,18+/m1/s1. The Bertz CT molecular complexity index is 1210. The van der Waals surface area contributed by atoms with Crippen LogP contribution in [0.5, 0.6) is 0 Å². The van der Waals surface area contributed by atoms with E-state index in [0.717, 1.165) is 78.4 Å². The summed E-state index contributed by atoms with van der Waals surface area (Å²) in [5, 5.41) is 4.11. The van der Waals surface area contributed by atoms with Crippen LogP contribution in [0.1, 0.15) is 45.0 Å². The zero-order valence-corrected chi connectivity index (χ0v) is 20.3. The fraction of sp³-hybridized carbons (Fsp3) is 0.480. The normalized spacial score (nSPS) is 20.3. The number of nitrogens with zero attached hydrogens (tertiary/aromatic N) is 3. The van der Waals surface area contributed by atoms with Gasteiger partial charge >= 0.3 is 0 Å². The summed E-state index contributed by atoms with van der Waals surface area (Å²) in [6.07, 6.45) is 3.69. The molecule has 3 aromatic heterocycles. The predicted octanol–water partition coefficient (Wildman–Crippen LogP) is 3.65. The number of fused-ring (bicyclic) bond motifs is 2. The monoisotopic (exact) mass is 465 g/mol. The molecule has 2 aliphatic rings. The molecule has 1 aliphatic carbocycles. The number of nitrogens with one attached hydrogen (secondary N) is 1. The Labute approximate surface area is 198 Å². The number of thiophene rings is 1. The molecule has 1 fully saturated rings. The lowest BCUT2D eigenvalue weighted by atomic mass is 9.91. The van der Waals surface area contributed by atoms with Crippen LogP contribution in [-0.4, -0.2) is 48.7 Å². The smallest absolute Gasteiger partial charge is 0.263 e. The van der Waals surface area contributed by atoms with Crippen LogP contribution in [0.15, 0.2) is 18.2 Å². The first-order valence-corrected chi connectivity index (χ1v) is 12.4. The first-order chi connectivity index (χ1) is 15.9. The van der Waals surface area contributed by atoms with Gasteiger partial charge in [-0.25, -0.2) is 9.97 Å². The second kappa shape index (κ2) is 8.91. The molecule has 0 spiro atoms. The van der Waals surface area contributed by atoms with E-state index in [4.69, 9.17) is 15.5 Å². The average Bonchev–Trinajstić information content (AvgIpc) is 3.38. The minimum absolute atomic E-state index is 0.0796. The number of hydrogen-bond donors (Lipinski definition) is 2. The number of anilines is 2. The van der Waals surface area contributed by atoms with Crippen LogP contribution in [0, 0.1) is 19.8 Å². The lowest BCUT2D eigenvalue weighted by Crippen LogP contribution is -2.39. The first-order valence-electron chi connectivity index (χ1n) is 11.6. The summed E-state index contributed by atoms with van der Waals surface area (Å²) in [4.78, 5) is 26.4. The highest BCUT2D eigenvalue weighted by molar-refractivity contribution is 7.21. The number of carbonyl (C=O) groups is 1. The molecule has 3 aromatic rings. The van der Waals surface area contributed by atoms with Crippen LogP contribution >= 0.6 is 11.3 Å². The van der Waals surface area contributed by atoms with Gasteiger partial charge in [0.05, 0.1) is 12.3 Å². The van der Waals surface area contributed by atoms with Crippen molar-refractivity contribution in [1.29, 1.82) is 0 Å². The molecule has 174 valence electrons. The number of aromatic nitrogens is 2. The summed E-state index contributed by atoms with van der Waals surface area (Å²) in [6, 6.07) is 6.39. The second-order valence-electron chi connectivity index (χ2n) is 9.35. The van der Waals surface area contributed by atoms with Crippen molar-refractivity contribution in [3.05, 3.63) is 45.6 Å². The van der Waals surface area contributed by atoms with Crippen molar-refractivity contribution >= 4 is 39.0 Å². The van der Waals surface area contributed by atoms with E-state index >= 15 is 0 Å². The average molecular weight is 466 g/mol. The maximum absolute atomic E-state index is 13.1. The highest BCUT2D eigenvalue weighted by Crippen LogP contribution is 2.35. The van der Waals surface area contributed by atoms with Gasteiger partial charge in [0.1, 0.15) is 15.5 Å². The van der Waals surface area contributed by atoms with Gasteiger partial charge in [0.15, 0.2) is 0 Å². The number of aryl methyl sites for hydroxylation is 3. The van der Waals surface area contributed by atoms with Crippen LogP contribution in [0.4, 0.5) is 11.5 Å². The molecule has 0 aromatic carbocycles. The molecule has 8 heteroatoms. The Morgan fingerprint density at radius 3 is 2.97 bits per heavy atom. The minimum atomic E-state index is -0.105. The van der Waals surface area contributed by atoms with Crippen LogP contribution in [0.3, 0.4) is 0 Å². The second-order valence-corrected chi connectivity index (χ2v) is 10.3. The maximum Gasteiger partial charge on any atom is 0.263 e. The van der Waals surface area contributed by atoms with Gasteiger partial charge in [0, 0.05) is 48.9 Å². The molecule has 0 saturated carbocycles. The number of nitrogens with two attached hydrogens (primary N) is 1. The molecule has 0 unspecified atom stereocenters. The number of pyridine rings is 2. The van der Waals surface area contributed by atoms with Gasteiger partial charge in [0.25, 0.3) is 5.91 Å². The number of amides is 1. The van der Waals surface area contributed by atoms with Gasteiger partial charge in [-0.05, 0) is 62.8 Å². The first kappa shape index (κ1) is 22.1. The SMILES string of the molecule is COC[C@@H]1CCN(c2ccc3c(n2)CC[C@H](NC(=O)c2sc4nc(C)cc(C)c4c2N)C3)C1. The lowest BCUT2D eigenvalue weighted by Gasteiger charge is -2.26. The third kappa shape index (κ3) is 4.29. The molecular weight excluding hydrogens is 434 g/mol. The van der Waals surface area contributed by atoms with Crippen LogP contribution in [0.2, 0.25) is 0 Å². The largest absolute Gasteiger partial charge is 0.397 e. The topological polar surface area (TPSA) is 93.4 Å². The Kier molecular flexibility index (Phi) is 5.97. The molecular formula is C25H31N5O2S. The molecule has 3 N–H and O–H groups in total. The molecule has 33 heavy (non-hydrogen) atoms. The Balaban J connectivity index is 1.27. The lowest BCUT2D eigenvalue weighted by molar-refractivity contribution is 0.0938. The summed E-state index contributed by atoms with van der Waals surface area (Å²) in [6.45, 7) is 6.82. The van der Waals surface area contributed by atoms with E-state index in [1.807, 2.05) is 19.9 Å². The fourth-order valence-electron chi connectivity index (χ4n) is 5.20. The van der Waals surface area contributed by atoms with Gasteiger partial charge in [-0.2, -0.15) is 0 Å². The number of rotatable bonds is 5. The fourth-order valence-corrected chi connectivity index (χ4v) is 6.32. The van der Waals surface area contributed by atoms with Crippen molar-refractivity contribution in [2.24, 2.45) is 5.92 Å². The zero-order valence-electron chi connectivity index (χ0n) is 19.5. The highest BCUT2D eigenvalue weighted by atomic mass is 32.1. The number of hydrogen-bond acceptors (Lipinski definition) is 7. The van der Waals surface area contributed by atoms with E-state index < -0.39 is 0 Å². The Hall–Kier alpha value is -2.71. The Morgan fingerprint density at radius 1 is 1.30 bits per heavy atom. The molecule has 7 nitrogen and oxygen atoms in total. The van der Waals surface area contributed by atoms with Crippen molar-refractivity contribution in [2.45, 2.75) is 45.6 Å². The summed E-state index contributed by atoms with van der Waals surface area (Å²) in [5.74, 6) is 1.54. The van der Waals surface area contributed by atoms with Crippen molar-refractivity contribution in [3.8, 4) is 0 Å². The van der Waals surface area contributed by atoms with E-state index in [-0.39, 0.29) is 11.9 Å². The Morgan fingerprint density at radius 2 is 2.15 bits per heavy atom. The molecule has 0 bridgehead atoms. The third-order valence-corrected chi connectivity index (χ3v) is 7.93. The summed E-state index contributed by atoms with van der Waals surface area (Å²) >= 11 is 1.38. The summed E-state index contributed by atoms with van der Waals surface area (Å²) in [7, 11) is 1.77. The van der Waals surface area contributed by atoms with Crippen molar-refractivity contribution in [1.82, 2.24) is 15.3 Å². The van der Waals surface area contributed by atoms with E-state index in [0.29, 0.717) is 16.5 Å².